The predicted octanol–water partition coefficient (Wildman–Crippen LogP) is 1.71. The number of nitrogens with zero attached hydrogens (tertiary/aromatic N) is 1. The van der Waals surface area contributed by atoms with E-state index in [4.69, 9.17) is 0 Å². The molecule has 86 valence electrons. The first-order valence-electron chi connectivity index (χ1n) is 6.49. The van der Waals surface area contributed by atoms with Gasteiger partial charge in [0.1, 0.15) is 0 Å². The van der Waals surface area contributed by atoms with Gasteiger partial charge in [0, 0.05) is 24.7 Å². The molecule has 3 aliphatic heterocycles. The van der Waals surface area contributed by atoms with Gasteiger partial charge in [-0.25, -0.2) is 0 Å². The van der Waals surface area contributed by atoms with Gasteiger partial charge in [-0.2, -0.15) is 11.8 Å². The van der Waals surface area contributed by atoms with Crippen molar-refractivity contribution in [1.82, 2.24) is 10.2 Å². The first-order valence-corrected chi connectivity index (χ1v) is 7.65. The Morgan fingerprint density at radius 2 is 1.73 bits per heavy atom. The highest BCUT2D eigenvalue weighted by Gasteiger charge is 2.32. The maximum atomic E-state index is 3.77. The molecule has 0 aliphatic carbocycles. The van der Waals surface area contributed by atoms with E-state index in [1.807, 2.05) is 0 Å². The fourth-order valence-electron chi connectivity index (χ4n) is 3.35. The summed E-state index contributed by atoms with van der Waals surface area (Å²) >= 11 is 2.14. The van der Waals surface area contributed by atoms with E-state index in [1.54, 1.807) is 0 Å². The molecule has 3 aliphatic rings. The van der Waals surface area contributed by atoms with E-state index in [1.165, 1.54) is 56.7 Å². The van der Waals surface area contributed by atoms with Crippen LogP contribution in [0.4, 0.5) is 0 Å². The van der Waals surface area contributed by atoms with Gasteiger partial charge >= 0.3 is 0 Å². The number of hydrogen-bond donors (Lipinski definition) is 1. The largest absolute Gasteiger partial charge is 0.310 e. The summed E-state index contributed by atoms with van der Waals surface area (Å²) in [6.45, 7) is 2.68. The summed E-state index contributed by atoms with van der Waals surface area (Å²) < 4.78 is 0. The van der Waals surface area contributed by atoms with Crippen LogP contribution >= 0.6 is 11.8 Å². The SMILES string of the molecule is C1CC(N2CCC3CCC(C2)N3)CCS1. The quantitative estimate of drug-likeness (QED) is 0.733. The Balaban J connectivity index is 1.60. The molecular formula is C12H22N2S. The Hall–Kier alpha value is 0.270. The van der Waals surface area contributed by atoms with Gasteiger partial charge in [0.25, 0.3) is 0 Å². The summed E-state index contributed by atoms with van der Waals surface area (Å²) in [5, 5.41) is 3.77. The molecule has 3 rings (SSSR count). The van der Waals surface area contributed by atoms with Crippen LogP contribution in [0.1, 0.15) is 32.1 Å². The Morgan fingerprint density at radius 1 is 0.933 bits per heavy atom. The molecule has 0 spiro atoms. The smallest absolute Gasteiger partial charge is 0.0198 e. The Labute approximate surface area is 97.2 Å². The van der Waals surface area contributed by atoms with Gasteiger partial charge in [-0.1, -0.05) is 0 Å². The summed E-state index contributed by atoms with van der Waals surface area (Å²) in [6.07, 6.45) is 7.10. The number of rotatable bonds is 1. The molecule has 1 N–H and O–H groups in total. The van der Waals surface area contributed by atoms with Gasteiger partial charge in [-0.15, -0.1) is 0 Å². The van der Waals surface area contributed by atoms with Crippen LogP contribution in [0, 0.1) is 0 Å². The number of hydrogen-bond acceptors (Lipinski definition) is 3. The Bertz CT molecular complexity index is 216. The fraction of sp³-hybridized carbons (Fsp3) is 1.00. The van der Waals surface area contributed by atoms with Crippen LogP contribution in [0.3, 0.4) is 0 Å². The highest BCUT2D eigenvalue weighted by Crippen LogP contribution is 2.26. The zero-order valence-electron chi connectivity index (χ0n) is 9.45. The lowest BCUT2D eigenvalue weighted by Crippen LogP contribution is -2.43. The van der Waals surface area contributed by atoms with Crippen LogP contribution in [-0.2, 0) is 0 Å². The van der Waals surface area contributed by atoms with Crippen molar-refractivity contribution in [2.45, 2.75) is 50.2 Å². The summed E-state index contributed by atoms with van der Waals surface area (Å²) in [5.41, 5.74) is 0. The average Bonchev–Trinajstić information content (AvgIpc) is 2.60. The highest BCUT2D eigenvalue weighted by molar-refractivity contribution is 7.99. The minimum absolute atomic E-state index is 0.812. The molecule has 0 radical (unpaired) electrons. The number of thioether (sulfide) groups is 1. The molecule has 3 heterocycles. The van der Waals surface area contributed by atoms with E-state index in [9.17, 15) is 0 Å². The van der Waals surface area contributed by atoms with E-state index in [0.717, 1.165) is 18.1 Å². The second-order valence-electron chi connectivity index (χ2n) is 5.27. The monoisotopic (exact) mass is 226 g/mol. The molecular weight excluding hydrogens is 204 g/mol. The minimum Gasteiger partial charge on any atom is -0.310 e. The summed E-state index contributed by atoms with van der Waals surface area (Å²) in [4.78, 5) is 2.79. The third-order valence-corrected chi connectivity index (χ3v) is 5.31. The maximum absolute atomic E-state index is 3.77. The molecule has 3 fully saturated rings. The van der Waals surface area contributed by atoms with Crippen molar-refractivity contribution in [2.24, 2.45) is 0 Å². The highest BCUT2D eigenvalue weighted by atomic mass is 32.2. The first-order chi connectivity index (χ1) is 7.42. The molecule has 2 unspecified atom stereocenters. The van der Waals surface area contributed by atoms with Gasteiger partial charge in [0.2, 0.25) is 0 Å². The second kappa shape index (κ2) is 4.64. The van der Waals surface area contributed by atoms with E-state index in [2.05, 4.69) is 22.0 Å². The standard InChI is InChI=1S/C12H22N2S/c1-2-11-9-14(6-3-10(1)13-11)12-4-7-15-8-5-12/h10-13H,1-9H2. The van der Waals surface area contributed by atoms with Gasteiger partial charge in [0.05, 0.1) is 0 Å². The van der Waals surface area contributed by atoms with Gasteiger partial charge in [0.15, 0.2) is 0 Å². The first kappa shape index (κ1) is 10.4. The average molecular weight is 226 g/mol. The van der Waals surface area contributed by atoms with Crippen LogP contribution in [-0.4, -0.2) is 47.6 Å². The van der Waals surface area contributed by atoms with Gasteiger partial charge in [-0.05, 0) is 50.2 Å². The van der Waals surface area contributed by atoms with Crippen LogP contribution in [0.5, 0.6) is 0 Å². The molecule has 2 atom stereocenters. The molecule has 3 saturated heterocycles. The van der Waals surface area contributed by atoms with Crippen molar-refractivity contribution in [2.75, 3.05) is 24.6 Å². The number of likely N-dealkylation sites (tertiary alicyclic amines) is 1. The van der Waals surface area contributed by atoms with E-state index in [-0.39, 0.29) is 0 Å². The van der Waals surface area contributed by atoms with E-state index < -0.39 is 0 Å². The molecule has 0 amide bonds. The topological polar surface area (TPSA) is 15.3 Å². The van der Waals surface area contributed by atoms with Crippen LogP contribution in [0.2, 0.25) is 0 Å². The van der Waals surface area contributed by atoms with E-state index >= 15 is 0 Å². The normalized spacial score (nSPS) is 39.2. The molecule has 0 saturated carbocycles. The molecule has 15 heavy (non-hydrogen) atoms. The molecule has 0 aromatic carbocycles. The summed E-state index contributed by atoms with van der Waals surface area (Å²) in [6, 6.07) is 2.57. The van der Waals surface area contributed by atoms with E-state index in [0.29, 0.717) is 0 Å². The number of fused-ring (bicyclic) bond motifs is 2. The lowest BCUT2D eigenvalue weighted by molar-refractivity contribution is 0.176. The summed E-state index contributed by atoms with van der Waals surface area (Å²) in [5.74, 6) is 2.78. The molecule has 2 nitrogen and oxygen atoms in total. The van der Waals surface area contributed by atoms with Crippen molar-refractivity contribution in [3.63, 3.8) is 0 Å². The summed E-state index contributed by atoms with van der Waals surface area (Å²) in [7, 11) is 0. The van der Waals surface area contributed by atoms with Crippen molar-refractivity contribution < 1.29 is 0 Å². The van der Waals surface area contributed by atoms with Crippen LogP contribution < -0.4 is 5.32 Å². The van der Waals surface area contributed by atoms with Crippen LogP contribution in [0.25, 0.3) is 0 Å². The van der Waals surface area contributed by atoms with Crippen molar-refractivity contribution in [3.8, 4) is 0 Å². The fourth-order valence-corrected chi connectivity index (χ4v) is 4.43. The zero-order valence-corrected chi connectivity index (χ0v) is 10.3. The third kappa shape index (κ3) is 2.34. The maximum Gasteiger partial charge on any atom is 0.0198 e. The lowest BCUT2D eigenvalue weighted by atomic mass is 10.0. The van der Waals surface area contributed by atoms with Crippen molar-refractivity contribution >= 4 is 11.8 Å². The van der Waals surface area contributed by atoms with Crippen molar-refractivity contribution in [3.05, 3.63) is 0 Å². The van der Waals surface area contributed by atoms with Crippen LogP contribution in [0.15, 0.2) is 0 Å². The van der Waals surface area contributed by atoms with Gasteiger partial charge < -0.3 is 5.32 Å². The Kier molecular flexibility index (Phi) is 3.23. The number of nitrogens with one attached hydrogen (secondary N) is 1. The Morgan fingerprint density at radius 3 is 2.60 bits per heavy atom. The van der Waals surface area contributed by atoms with Gasteiger partial charge in [-0.3, -0.25) is 4.90 Å². The molecule has 0 aromatic rings. The van der Waals surface area contributed by atoms with Crippen molar-refractivity contribution in [1.29, 1.82) is 0 Å². The molecule has 0 aromatic heterocycles. The zero-order chi connectivity index (χ0) is 10.1. The minimum atomic E-state index is 0.812. The second-order valence-corrected chi connectivity index (χ2v) is 6.49. The third-order valence-electron chi connectivity index (χ3n) is 4.26. The predicted molar refractivity (Wildman–Crippen MR) is 66.5 cm³/mol. The molecule has 2 bridgehead atoms. The lowest BCUT2D eigenvalue weighted by Gasteiger charge is -2.35. The molecule has 3 heteroatoms.